The van der Waals surface area contributed by atoms with E-state index >= 15 is 0 Å². The highest BCUT2D eigenvalue weighted by atomic mass is 35.5. The van der Waals surface area contributed by atoms with Crippen LogP contribution in [0.3, 0.4) is 0 Å². The summed E-state index contributed by atoms with van der Waals surface area (Å²) >= 11 is 5.57. The van der Waals surface area contributed by atoms with Gasteiger partial charge in [0.25, 0.3) is 0 Å². The number of anilines is 1. The van der Waals surface area contributed by atoms with Crippen LogP contribution in [-0.4, -0.2) is 29.7 Å². The molecule has 4 nitrogen and oxygen atoms in total. The number of hydrogen-bond donors (Lipinski definition) is 0. The molecule has 1 rings (SSSR count). The minimum atomic E-state index is 0.509. The van der Waals surface area contributed by atoms with Crippen LogP contribution in [0.5, 0.6) is 0 Å². The van der Waals surface area contributed by atoms with E-state index < -0.39 is 0 Å². The molecule has 0 aliphatic carbocycles. The number of halogens is 1. The van der Waals surface area contributed by atoms with Crippen LogP contribution in [0.4, 0.5) is 6.01 Å². The summed E-state index contributed by atoms with van der Waals surface area (Å²) in [5, 5.41) is 7.83. The molecule has 0 amide bonds. The summed E-state index contributed by atoms with van der Waals surface area (Å²) in [6.45, 7) is 5.20. The van der Waals surface area contributed by atoms with Crippen LogP contribution < -0.4 is 4.90 Å². The molecule has 0 atom stereocenters. The number of alkyl halides is 1. The number of aromatic nitrogens is 2. The van der Waals surface area contributed by atoms with E-state index in [1.54, 1.807) is 0 Å². The monoisotopic (exact) mass is 217 g/mol. The summed E-state index contributed by atoms with van der Waals surface area (Å²) in [6.07, 6.45) is 0.629. The third-order valence-electron chi connectivity index (χ3n) is 1.73. The molecule has 0 spiro atoms. The highest BCUT2D eigenvalue weighted by molar-refractivity contribution is 6.17. The van der Waals surface area contributed by atoms with E-state index in [9.17, 15) is 0 Å². The maximum Gasteiger partial charge on any atom is 0.317 e. The van der Waals surface area contributed by atoms with Crippen LogP contribution >= 0.6 is 11.6 Å². The van der Waals surface area contributed by atoms with Gasteiger partial charge in [0.05, 0.1) is 0 Å². The Labute approximate surface area is 89.3 Å². The minimum absolute atomic E-state index is 0.509. The summed E-state index contributed by atoms with van der Waals surface area (Å²) in [6, 6.07) is 0.568. The van der Waals surface area contributed by atoms with Crippen molar-refractivity contribution in [3.63, 3.8) is 0 Å². The second-order valence-electron chi connectivity index (χ2n) is 3.69. The van der Waals surface area contributed by atoms with Crippen molar-refractivity contribution in [2.24, 2.45) is 5.92 Å². The van der Waals surface area contributed by atoms with Gasteiger partial charge in [-0.25, -0.2) is 0 Å². The maximum atomic E-state index is 5.57. The van der Waals surface area contributed by atoms with Crippen molar-refractivity contribution in [1.82, 2.24) is 10.2 Å². The highest BCUT2D eigenvalue weighted by Crippen LogP contribution is 2.12. The molecule has 0 bridgehead atoms. The predicted octanol–water partition coefficient (Wildman–Crippen LogP) is 1.94. The van der Waals surface area contributed by atoms with Gasteiger partial charge >= 0.3 is 6.01 Å². The van der Waals surface area contributed by atoms with E-state index in [1.807, 2.05) is 11.9 Å². The third kappa shape index (κ3) is 3.18. The van der Waals surface area contributed by atoms with Crippen molar-refractivity contribution in [3.05, 3.63) is 5.89 Å². The Morgan fingerprint density at radius 1 is 1.43 bits per heavy atom. The lowest BCUT2D eigenvalue weighted by Gasteiger charge is -2.15. The van der Waals surface area contributed by atoms with Crippen molar-refractivity contribution in [2.45, 2.75) is 20.3 Å². The lowest BCUT2D eigenvalue weighted by molar-refractivity contribution is 0.485. The van der Waals surface area contributed by atoms with Gasteiger partial charge in [-0.05, 0) is 5.92 Å². The standard InChI is InChI=1S/C9H16ClN3O/c1-7(2)6-13(3)9-12-11-8(14-9)4-5-10/h7H,4-6H2,1-3H3. The summed E-state index contributed by atoms with van der Waals surface area (Å²) in [5.74, 6) is 1.68. The SMILES string of the molecule is CC(C)CN(C)c1nnc(CCCl)o1. The predicted molar refractivity (Wildman–Crippen MR) is 56.8 cm³/mol. The minimum Gasteiger partial charge on any atom is -0.408 e. The molecule has 0 aromatic carbocycles. The molecule has 1 aromatic rings. The van der Waals surface area contributed by atoms with Crippen LogP contribution in [0.2, 0.25) is 0 Å². The van der Waals surface area contributed by atoms with Crippen LogP contribution in [0.15, 0.2) is 4.42 Å². The summed E-state index contributed by atoms with van der Waals surface area (Å²) in [4.78, 5) is 1.95. The zero-order valence-corrected chi connectivity index (χ0v) is 9.58. The molecule has 80 valence electrons. The van der Waals surface area contributed by atoms with Crippen LogP contribution in [0, 0.1) is 5.92 Å². The fraction of sp³-hybridized carbons (Fsp3) is 0.778. The third-order valence-corrected chi connectivity index (χ3v) is 1.92. The van der Waals surface area contributed by atoms with E-state index in [0.29, 0.717) is 30.1 Å². The summed E-state index contributed by atoms with van der Waals surface area (Å²) in [5.41, 5.74) is 0. The van der Waals surface area contributed by atoms with Gasteiger partial charge in [-0.2, -0.15) is 0 Å². The Hall–Kier alpha value is -0.770. The molecule has 0 radical (unpaired) electrons. The highest BCUT2D eigenvalue weighted by Gasteiger charge is 2.10. The zero-order valence-electron chi connectivity index (χ0n) is 8.83. The molecule has 0 aliphatic rings. The lowest BCUT2D eigenvalue weighted by Crippen LogP contribution is -2.22. The van der Waals surface area contributed by atoms with Gasteiger partial charge in [-0.3, -0.25) is 0 Å². The fourth-order valence-corrected chi connectivity index (χ4v) is 1.37. The van der Waals surface area contributed by atoms with E-state index in [0.717, 1.165) is 6.54 Å². The quantitative estimate of drug-likeness (QED) is 0.707. The van der Waals surface area contributed by atoms with Crippen molar-refractivity contribution in [1.29, 1.82) is 0 Å². The van der Waals surface area contributed by atoms with E-state index in [1.165, 1.54) is 0 Å². The van der Waals surface area contributed by atoms with Crippen LogP contribution in [0.25, 0.3) is 0 Å². The molecular formula is C9H16ClN3O. The molecular weight excluding hydrogens is 202 g/mol. The number of aryl methyl sites for hydroxylation is 1. The Morgan fingerprint density at radius 3 is 2.71 bits per heavy atom. The topological polar surface area (TPSA) is 42.2 Å². The van der Waals surface area contributed by atoms with Crippen molar-refractivity contribution < 1.29 is 4.42 Å². The zero-order chi connectivity index (χ0) is 10.6. The summed E-state index contributed by atoms with van der Waals surface area (Å²) < 4.78 is 5.41. The average Bonchev–Trinajstić information content (AvgIpc) is 2.52. The molecule has 0 saturated heterocycles. The molecule has 0 aliphatic heterocycles. The first-order valence-corrected chi connectivity index (χ1v) is 5.26. The van der Waals surface area contributed by atoms with Gasteiger partial charge < -0.3 is 9.32 Å². The van der Waals surface area contributed by atoms with E-state index in [2.05, 4.69) is 24.0 Å². The Morgan fingerprint density at radius 2 is 2.14 bits per heavy atom. The molecule has 5 heteroatoms. The first-order chi connectivity index (χ1) is 6.63. The number of hydrogen-bond acceptors (Lipinski definition) is 4. The second kappa shape index (κ2) is 5.20. The summed E-state index contributed by atoms with van der Waals surface area (Å²) in [7, 11) is 1.94. The number of nitrogens with zero attached hydrogens (tertiary/aromatic N) is 3. The van der Waals surface area contributed by atoms with Crippen LogP contribution in [0.1, 0.15) is 19.7 Å². The first kappa shape index (κ1) is 11.3. The van der Waals surface area contributed by atoms with Gasteiger partial charge in [0.15, 0.2) is 0 Å². The van der Waals surface area contributed by atoms with Crippen molar-refractivity contribution >= 4 is 17.6 Å². The first-order valence-electron chi connectivity index (χ1n) is 4.73. The molecule has 0 saturated carbocycles. The molecule has 1 aromatic heterocycles. The molecule has 14 heavy (non-hydrogen) atoms. The molecule has 0 unspecified atom stereocenters. The normalized spacial score (nSPS) is 10.9. The largest absolute Gasteiger partial charge is 0.408 e. The second-order valence-corrected chi connectivity index (χ2v) is 4.07. The van der Waals surface area contributed by atoms with E-state index in [4.69, 9.17) is 16.0 Å². The van der Waals surface area contributed by atoms with Gasteiger partial charge in [0, 0.05) is 25.9 Å². The lowest BCUT2D eigenvalue weighted by atomic mass is 10.2. The van der Waals surface area contributed by atoms with Gasteiger partial charge in [-0.1, -0.05) is 18.9 Å². The van der Waals surface area contributed by atoms with E-state index in [-0.39, 0.29) is 0 Å². The maximum absolute atomic E-state index is 5.57. The molecule has 0 fully saturated rings. The van der Waals surface area contributed by atoms with Crippen molar-refractivity contribution in [3.8, 4) is 0 Å². The van der Waals surface area contributed by atoms with Crippen LogP contribution in [-0.2, 0) is 6.42 Å². The average molecular weight is 218 g/mol. The fourth-order valence-electron chi connectivity index (χ4n) is 1.21. The Kier molecular flexibility index (Phi) is 4.20. The van der Waals surface area contributed by atoms with Gasteiger partial charge in [0.2, 0.25) is 5.89 Å². The molecule has 1 heterocycles. The van der Waals surface area contributed by atoms with Gasteiger partial charge in [-0.15, -0.1) is 16.7 Å². The number of rotatable bonds is 5. The van der Waals surface area contributed by atoms with Crippen molar-refractivity contribution in [2.75, 3.05) is 24.4 Å². The Bertz CT molecular complexity index is 275. The smallest absolute Gasteiger partial charge is 0.317 e. The molecule has 0 N–H and O–H groups in total. The van der Waals surface area contributed by atoms with Gasteiger partial charge in [0.1, 0.15) is 0 Å². The Balaban J connectivity index is 2.57.